The monoisotopic (exact) mass is 208 g/mol. The van der Waals surface area contributed by atoms with E-state index >= 15 is 0 Å². The maximum Gasteiger partial charge on any atom is -0.0231 e. The van der Waals surface area contributed by atoms with Crippen LogP contribution in [0.5, 0.6) is 0 Å². The molecule has 1 aliphatic rings. The van der Waals surface area contributed by atoms with Crippen molar-refractivity contribution < 1.29 is 0 Å². The molecule has 0 heteroatoms. The highest BCUT2D eigenvalue weighted by molar-refractivity contribution is 4.95. The molecule has 0 amide bonds. The van der Waals surface area contributed by atoms with Crippen LogP contribution in [-0.4, -0.2) is 0 Å². The van der Waals surface area contributed by atoms with Crippen LogP contribution in [0, 0.1) is 5.92 Å². The summed E-state index contributed by atoms with van der Waals surface area (Å²) in [6.07, 6.45) is 20.6. The molecule has 88 valence electrons. The van der Waals surface area contributed by atoms with E-state index in [9.17, 15) is 0 Å². The maximum atomic E-state index is 2.43. The molecule has 0 fully saturated rings. The third kappa shape index (κ3) is 6.76. The molecule has 1 atom stereocenters. The standard InChI is InChI=1S/C15H28/c1-2-3-4-5-6-7-8-9-12-15-13-10-11-14-15/h10,13,15H,2-9,11-12,14H2,1H3. The summed E-state index contributed by atoms with van der Waals surface area (Å²) < 4.78 is 0. The lowest BCUT2D eigenvalue weighted by molar-refractivity contribution is 0.508. The third-order valence-corrected chi connectivity index (χ3v) is 3.54. The van der Waals surface area contributed by atoms with Crippen LogP contribution in [0.3, 0.4) is 0 Å². The molecule has 0 aliphatic heterocycles. The lowest BCUT2D eigenvalue weighted by Gasteiger charge is -2.06. The summed E-state index contributed by atoms with van der Waals surface area (Å²) in [6.45, 7) is 2.29. The average molecular weight is 208 g/mol. The van der Waals surface area contributed by atoms with Gasteiger partial charge >= 0.3 is 0 Å². The molecule has 0 saturated carbocycles. The number of rotatable bonds is 9. The molecule has 0 aromatic rings. The largest absolute Gasteiger partial charge is 0.0882 e. The zero-order valence-electron chi connectivity index (χ0n) is 10.5. The summed E-state index contributed by atoms with van der Waals surface area (Å²) in [5.41, 5.74) is 0. The van der Waals surface area contributed by atoms with E-state index in [4.69, 9.17) is 0 Å². The molecule has 1 unspecified atom stereocenters. The lowest BCUT2D eigenvalue weighted by Crippen LogP contribution is -1.91. The summed E-state index contributed by atoms with van der Waals surface area (Å²) in [6, 6.07) is 0. The minimum absolute atomic E-state index is 0.935. The first-order valence-corrected chi connectivity index (χ1v) is 7.10. The summed E-state index contributed by atoms with van der Waals surface area (Å²) >= 11 is 0. The molecule has 1 aliphatic carbocycles. The zero-order chi connectivity index (χ0) is 10.8. The van der Waals surface area contributed by atoms with Crippen molar-refractivity contribution in [1.29, 1.82) is 0 Å². The van der Waals surface area contributed by atoms with Gasteiger partial charge in [0, 0.05) is 0 Å². The molecule has 15 heavy (non-hydrogen) atoms. The van der Waals surface area contributed by atoms with E-state index in [1.807, 2.05) is 0 Å². The SMILES string of the molecule is CCCCCCCCCCC1C=CCC1. The van der Waals surface area contributed by atoms with E-state index < -0.39 is 0 Å². The zero-order valence-corrected chi connectivity index (χ0v) is 10.5. The highest BCUT2D eigenvalue weighted by atomic mass is 14.1. The molecular formula is C15H28. The first kappa shape index (κ1) is 12.8. The van der Waals surface area contributed by atoms with Gasteiger partial charge in [-0.05, 0) is 25.2 Å². The van der Waals surface area contributed by atoms with Crippen molar-refractivity contribution >= 4 is 0 Å². The summed E-state index contributed by atoms with van der Waals surface area (Å²) in [4.78, 5) is 0. The second kappa shape index (κ2) is 9.00. The summed E-state index contributed by atoms with van der Waals surface area (Å²) in [7, 11) is 0. The predicted octanol–water partition coefficient (Wildman–Crippen LogP) is 5.48. The van der Waals surface area contributed by atoms with E-state index in [1.165, 1.54) is 70.6 Å². The topological polar surface area (TPSA) is 0 Å². The first-order chi connectivity index (χ1) is 7.43. The highest BCUT2D eigenvalue weighted by Crippen LogP contribution is 2.23. The van der Waals surface area contributed by atoms with Crippen LogP contribution >= 0.6 is 0 Å². The molecule has 0 radical (unpaired) electrons. The molecule has 0 nitrogen and oxygen atoms in total. The smallest absolute Gasteiger partial charge is 0.0231 e. The highest BCUT2D eigenvalue weighted by Gasteiger charge is 2.07. The van der Waals surface area contributed by atoms with Crippen molar-refractivity contribution in [1.82, 2.24) is 0 Å². The van der Waals surface area contributed by atoms with Gasteiger partial charge in [0.1, 0.15) is 0 Å². The summed E-state index contributed by atoms with van der Waals surface area (Å²) in [5, 5.41) is 0. The molecular weight excluding hydrogens is 180 g/mol. The van der Waals surface area contributed by atoms with Gasteiger partial charge in [0.25, 0.3) is 0 Å². The Balaban J connectivity index is 1.75. The van der Waals surface area contributed by atoms with E-state index in [1.54, 1.807) is 0 Å². The van der Waals surface area contributed by atoms with Gasteiger partial charge in [0.15, 0.2) is 0 Å². The normalized spacial score (nSPS) is 19.9. The van der Waals surface area contributed by atoms with Crippen LogP contribution in [0.1, 0.15) is 77.6 Å². The van der Waals surface area contributed by atoms with Crippen molar-refractivity contribution in [2.75, 3.05) is 0 Å². The molecule has 0 aromatic heterocycles. The van der Waals surface area contributed by atoms with Gasteiger partial charge in [-0.1, -0.05) is 70.4 Å². The van der Waals surface area contributed by atoms with Gasteiger partial charge < -0.3 is 0 Å². The van der Waals surface area contributed by atoms with Crippen molar-refractivity contribution in [3.8, 4) is 0 Å². The third-order valence-electron chi connectivity index (χ3n) is 3.54. The van der Waals surface area contributed by atoms with Crippen molar-refractivity contribution in [2.24, 2.45) is 5.92 Å². The Bertz CT molecular complexity index is 157. The average Bonchev–Trinajstić information content (AvgIpc) is 2.75. The minimum atomic E-state index is 0.935. The number of allylic oxidation sites excluding steroid dienone is 2. The van der Waals surface area contributed by atoms with Crippen LogP contribution < -0.4 is 0 Å². The van der Waals surface area contributed by atoms with Crippen LogP contribution in [0.4, 0.5) is 0 Å². The van der Waals surface area contributed by atoms with Gasteiger partial charge in [0.2, 0.25) is 0 Å². The van der Waals surface area contributed by atoms with Gasteiger partial charge in [-0.3, -0.25) is 0 Å². The second-order valence-electron chi connectivity index (χ2n) is 5.03. The Kier molecular flexibility index (Phi) is 7.69. The molecule has 0 saturated heterocycles. The molecule has 0 heterocycles. The van der Waals surface area contributed by atoms with Crippen molar-refractivity contribution in [2.45, 2.75) is 77.6 Å². The quantitative estimate of drug-likeness (QED) is 0.347. The molecule has 0 bridgehead atoms. The minimum Gasteiger partial charge on any atom is -0.0882 e. The molecule has 0 aromatic carbocycles. The van der Waals surface area contributed by atoms with E-state index in [2.05, 4.69) is 19.1 Å². The summed E-state index contributed by atoms with van der Waals surface area (Å²) in [5.74, 6) is 0.935. The second-order valence-corrected chi connectivity index (χ2v) is 5.03. The van der Waals surface area contributed by atoms with Gasteiger partial charge in [0.05, 0.1) is 0 Å². The van der Waals surface area contributed by atoms with E-state index in [0.29, 0.717) is 0 Å². The fraction of sp³-hybridized carbons (Fsp3) is 0.867. The van der Waals surface area contributed by atoms with Crippen molar-refractivity contribution in [3.05, 3.63) is 12.2 Å². The van der Waals surface area contributed by atoms with Crippen LogP contribution in [-0.2, 0) is 0 Å². The predicted molar refractivity (Wildman–Crippen MR) is 69.1 cm³/mol. The number of hydrogen-bond acceptors (Lipinski definition) is 0. The van der Waals surface area contributed by atoms with Crippen LogP contribution in [0.25, 0.3) is 0 Å². The fourth-order valence-corrected chi connectivity index (χ4v) is 2.48. The van der Waals surface area contributed by atoms with Crippen LogP contribution in [0.15, 0.2) is 12.2 Å². The Labute approximate surface area is 96.2 Å². The fourth-order valence-electron chi connectivity index (χ4n) is 2.48. The molecule has 0 N–H and O–H groups in total. The Morgan fingerprint density at radius 2 is 1.60 bits per heavy atom. The van der Waals surface area contributed by atoms with Gasteiger partial charge in [-0.2, -0.15) is 0 Å². The van der Waals surface area contributed by atoms with Crippen LogP contribution in [0.2, 0.25) is 0 Å². The lowest BCUT2D eigenvalue weighted by atomic mass is 10.00. The molecule has 1 rings (SSSR count). The maximum absolute atomic E-state index is 2.43. The van der Waals surface area contributed by atoms with E-state index in [0.717, 1.165) is 5.92 Å². The first-order valence-electron chi connectivity index (χ1n) is 7.10. The number of hydrogen-bond donors (Lipinski definition) is 0. The van der Waals surface area contributed by atoms with Gasteiger partial charge in [-0.15, -0.1) is 0 Å². The van der Waals surface area contributed by atoms with E-state index in [-0.39, 0.29) is 0 Å². The Hall–Kier alpha value is -0.260. The molecule has 0 spiro atoms. The Morgan fingerprint density at radius 3 is 2.20 bits per heavy atom. The number of unbranched alkanes of at least 4 members (excludes halogenated alkanes) is 7. The van der Waals surface area contributed by atoms with Gasteiger partial charge in [-0.25, -0.2) is 0 Å². The van der Waals surface area contributed by atoms with Crippen molar-refractivity contribution in [3.63, 3.8) is 0 Å². The Morgan fingerprint density at radius 1 is 0.933 bits per heavy atom.